The van der Waals surface area contributed by atoms with Gasteiger partial charge in [0.1, 0.15) is 28.5 Å². The van der Waals surface area contributed by atoms with E-state index in [0.717, 1.165) is 5.56 Å². The zero-order valence-electron chi connectivity index (χ0n) is 21.2. The number of hydrogen-bond donors (Lipinski definition) is 0. The molecular formula is C28H36O5. The Morgan fingerprint density at radius 2 is 1.27 bits per heavy atom. The van der Waals surface area contributed by atoms with Crippen LogP contribution in [-0.4, -0.2) is 23.0 Å². The highest BCUT2D eigenvalue weighted by molar-refractivity contribution is 6.07. The molecule has 0 aliphatic heterocycles. The first-order valence-electron chi connectivity index (χ1n) is 11.1. The van der Waals surface area contributed by atoms with Gasteiger partial charge in [0.05, 0.1) is 5.41 Å². The summed E-state index contributed by atoms with van der Waals surface area (Å²) in [5.74, 6) is 1.25. The molecule has 0 N–H and O–H groups in total. The molecule has 0 spiro atoms. The predicted molar refractivity (Wildman–Crippen MR) is 132 cm³/mol. The number of esters is 1. The maximum absolute atomic E-state index is 12.7. The lowest BCUT2D eigenvalue weighted by Gasteiger charge is -2.25. The van der Waals surface area contributed by atoms with Crippen LogP contribution in [0.3, 0.4) is 0 Å². The smallest absolute Gasteiger partial charge is 0.316 e. The van der Waals surface area contributed by atoms with Crippen molar-refractivity contribution in [1.82, 2.24) is 0 Å². The van der Waals surface area contributed by atoms with Crippen LogP contribution in [0.15, 0.2) is 48.5 Å². The van der Waals surface area contributed by atoms with Gasteiger partial charge in [0.15, 0.2) is 5.78 Å². The van der Waals surface area contributed by atoms with Gasteiger partial charge in [-0.15, -0.1) is 0 Å². The number of carbonyl (C=O) groups is 2. The molecule has 0 saturated heterocycles. The number of ether oxygens (including phenoxy) is 3. The van der Waals surface area contributed by atoms with E-state index in [4.69, 9.17) is 14.2 Å². The average molecular weight is 453 g/mol. The van der Waals surface area contributed by atoms with Gasteiger partial charge in [-0.2, -0.15) is 0 Å². The molecule has 0 amide bonds. The molecule has 5 nitrogen and oxygen atoms in total. The van der Waals surface area contributed by atoms with Crippen LogP contribution in [0.25, 0.3) is 6.08 Å². The molecule has 0 aromatic heterocycles. The summed E-state index contributed by atoms with van der Waals surface area (Å²) in [4.78, 5) is 24.7. The fourth-order valence-corrected chi connectivity index (χ4v) is 2.70. The Morgan fingerprint density at radius 3 is 1.79 bits per heavy atom. The van der Waals surface area contributed by atoms with Crippen LogP contribution in [0.2, 0.25) is 0 Å². The fourth-order valence-electron chi connectivity index (χ4n) is 2.70. The van der Waals surface area contributed by atoms with Crippen LogP contribution in [0.5, 0.6) is 17.2 Å². The second kappa shape index (κ2) is 9.82. The number of carbonyl (C=O) groups excluding carboxylic acids is 2. The third kappa shape index (κ3) is 8.76. The van der Waals surface area contributed by atoms with Gasteiger partial charge in [-0.05, 0) is 111 Å². The summed E-state index contributed by atoms with van der Waals surface area (Å²) in [5.41, 5.74) is -0.0760. The van der Waals surface area contributed by atoms with Gasteiger partial charge in [0.25, 0.3) is 0 Å². The SMILES string of the molecule is CC(C)(C)Oc1ccc(C=CC(=O)c2ccc(OC(=O)C(C)(C)C)cc2)c(OC(C)(C)C)c1. The van der Waals surface area contributed by atoms with Crippen molar-refractivity contribution in [2.45, 2.75) is 73.5 Å². The maximum Gasteiger partial charge on any atom is 0.316 e. The summed E-state index contributed by atoms with van der Waals surface area (Å²) in [7, 11) is 0. The summed E-state index contributed by atoms with van der Waals surface area (Å²) >= 11 is 0. The van der Waals surface area contributed by atoms with Gasteiger partial charge in [-0.1, -0.05) is 0 Å². The standard InChI is InChI=1S/C28H36O5/c1-26(2,3)25(30)31-21-14-10-19(11-15-21)23(29)17-13-20-12-16-22(32-27(4,5)6)18-24(20)33-28(7,8)9/h10-18H,1-9H3. The molecule has 0 heterocycles. The number of ketones is 1. The molecule has 33 heavy (non-hydrogen) atoms. The number of allylic oxidation sites excluding steroid dienone is 1. The Hall–Kier alpha value is -3.08. The molecule has 0 bridgehead atoms. The molecule has 0 aliphatic carbocycles. The molecule has 5 heteroatoms. The van der Waals surface area contributed by atoms with Crippen LogP contribution in [-0.2, 0) is 4.79 Å². The third-order valence-corrected chi connectivity index (χ3v) is 4.20. The summed E-state index contributed by atoms with van der Waals surface area (Å²) < 4.78 is 17.4. The quantitative estimate of drug-likeness (QED) is 0.207. The van der Waals surface area contributed by atoms with Crippen LogP contribution < -0.4 is 14.2 Å². The first-order chi connectivity index (χ1) is 15.0. The topological polar surface area (TPSA) is 61.8 Å². The summed E-state index contributed by atoms with van der Waals surface area (Å²) in [6, 6.07) is 12.1. The monoisotopic (exact) mass is 452 g/mol. The molecular weight excluding hydrogens is 416 g/mol. The molecule has 0 aliphatic rings. The maximum atomic E-state index is 12.7. The highest BCUT2D eigenvalue weighted by Crippen LogP contribution is 2.31. The zero-order valence-corrected chi connectivity index (χ0v) is 21.2. The number of benzene rings is 2. The van der Waals surface area contributed by atoms with Crippen molar-refractivity contribution in [3.8, 4) is 17.2 Å². The number of hydrogen-bond acceptors (Lipinski definition) is 5. The molecule has 2 aromatic carbocycles. The molecule has 0 atom stereocenters. The van der Waals surface area contributed by atoms with Crippen molar-refractivity contribution in [3.05, 3.63) is 59.7 Å². The first kappa shape index (κ1) is 26.2. The van der Waals surface area contributed by atoms with Crippen LogP contribution in [0.4, 0.5) is 0 Å². The highest BCUT2D eigenvalue weighted by atomic mass is 16.5. The predicted octanol–water partition coefficient (Wildman–Crippen LogP) is 6.89. The largest absolute Gasteiger partial charge is 0.488 e. The van der Waals surface area contributed by atoms with Crippen molar-refractivity contribution in [1.29, 1.82) is 0 Å². The van der Waals surface area contributed by atoms with Crippen molar-refractivity contribution >= 4 is 17.8 Å². The normalized spacial score (nSPS) is 12.5. The summed E-state index contributed by atoms with van der Waals surface area (Å²) in [6.07, 6.45) is 3.24. The highest BCUT2D eigenvalue weighted by Gasteiger charge is 2.23. The minimum absolute atomic E-state index is 0.166. The summed E-state index contributed by atoms with van der Waals surface area (Å²) in [5, 5.41) is 0. The van der Waals surface area contributed by atoms with E-state index in [0.29, 0.717) is 22.8 Å². The molecule has 2 aromatic rings. The third-order valence-electron chi connectivity index (χ3n) is 4.20. The van der Waals surface area contributed by atoms with Gasteiger partial charge in [-0.25, -0.2) is 0 Å². The Labute approximate surface area is 197 Å². The summed E-state index contributed by atoms with van der Waals surface area (Å²) in [6.45, 7) is 17.2. The van der Waals surface area contributed by atoms with E-state index in [-0.39, 0.29) is 17.4 Å². The fraction of sp³-hybridized carbons (Fsp3) is 0.429. The van der Waals surface area contributed by atoms with Gasteiger partial charge >= 0.3 is 5.97 Å². The Balaban J connectivity index is 2.21. The second-order valence-electron chi connectivity index (χ2n) is 11.0. The average Bonchev–Trinajstić information content (AvgIpc) is 2.64. The first-order valence-corrected chi connectivity index (χ1v) is 11.1. The van der Waals surface area contributed by atoms with Gasteiger partial charge in [0, 0.05) is 17.2 Å². The molecule has 0 fully saturated rings. The van der Waals surface area contributed by atoms with Crippen molar-refractivity contribution < 1.29 is 23.8 Å². The zero-order chi connectivity index (χ0) is 25.0. The van der Waals surface area contributed by atoms with Gasteiger partial charge in [-0.3, -0.25) is 9.59 Å². The molecule has 0 unspecified atom stereocenters. The molecule has 178 valence electrons. The van der Waals surface area contributed by atoms with E-state index in [1.165, 1.54) is 6.08 Å². The van der Waals surface area contributed by atoms with Crippen molar-refractivity contribution in [3.63, 3.8) is 0 Å². The van der Waals surface area contributed by atoms with E-state index in [1.807, 2.05) is 59.7 Å². The van der Waals surface area contributed by atoms with Crippen LogP contribution in [0, 0.1) is 5.41 Å². The lowest BCUT2D eigenvalue weighted by atomic mass is 9.97. The Morgan fingerprint density at radius 1 is 0.727 bits per heavy atom. The van der Waals surface area contributed by atoms with E-state index in [1.54, 1.807) is 51.1 Å². The van der Waals surface area contributed by atoms with Gasteiger partial charge in [0.2, 0.25) is 0 Å². The molecule has 0 saturated carbocycles. The lowest BCUT2D eigenvalue weighted by molar-refractivity contribution is -0.143. The lowest BCUT2D eigenvalue weighted by Crippen LogP contribution is -2.25. The minimum Gasteiger partial charge on any atom is -0.488 e. The van der Waals surface area contributed by atoms with E-state index < -0.39 is 11.0 Å². The Kier molecular flexibility index (Phi) is 7.79. The van der Waals surface area contributed by atoms with E-state index in [9.17, 15) is 9.59 Å². The van der Waals surface area contributed by atoms with Crippen molar-refractivity contribution in [2.75, 3.05) is 0 Å². The minimum atomic E-state index is -0.600. The van der Waals surface area contributed by atoms with Crippen LogP contribution in [0.1, 0.15) is 78.2 Å². The van der Waals surface area contributed by atoms with E-state index >= 15 is 0 Å². The molecule has 2 rings (SSSR count). The van der Waals surface area contributed by atoms with Crippen molar-refractivity contribution in [2.24, 2.45) is 5.41 Å². The van der Waals surface area contributed by atoms with Crippen LogP contribution >= 0.6 is 0 Å². The Bertz CT molecular complexity index is 1010. The molecule has 0 radical (unpaired) electrons. The number of rotatable bonds is 6. The van der Waals surface area contributed by atoms with Gasteiger partial charge < -0.3 is 14.2 Å². The van der Waals surface area contributed by atoms with E-state index in [2.05, 4.69) is 0 Å². The second-order valence-corrected chi connectivity index (χ2v) is 11.0.